The van der Waals surface area contributed by atoms with Gasteiger partial charge in [-0.15, -0.1) is 0 Å². The fraction of sp³-hybridized carbons (Fsp3) is 0.560. The van der Waals surface area contributed by atoms with Gasteiger partial charge in [-0.2, -0.15) is 5.10 Å². The van der Waals surface area contributed by atoms with Gasteiger partial charge in [0, 0.05) is 18.2 Å². The predicted molar refractivity (Wildman–Crippen MR) is 131 cm³/mol. The van der Waals surface area contributed by atoms with E-state index >= 15 is 0 Å². The van der Waals surface area contributed by atoms with E-state index < -0.39 is 5.97 Å². The number of aromatic nitrogens is 2. The maximum Gasteiger partial charge on any atom is 0.343 e. The predicted octanol–water partition coefficient (Wildman–Crippen LogP) is 2.31. The average Bonchev–Trinajstić information content (AvgIpc) is 3.28. The van der Waals surface area contributed by atoms with Crippen LogP contribution in [0.2, 0.25) is 0 Å². The van der Waals surface area contributed by atoms with E-state index in [2.05, 4.69) is 20.2 Å². The van der Waals surface area contributed by atoms with Crippen molar-refractivity contribution in [1.29, 1.82) is 0 Å². The lowest BCUT2D eigenvalue weighted by molar-refractivity contribution is 0.0601. The molecule has 2 aliphatic heterocycles. The van der Waals surface area contributed by atoms with Gasteiger partial charge in [-0.1, -0.05) is 6.42 Å². The molecule has 0 radical (unpaired) electrons. The topological polar surface area (TPSA) is 106 Å². The lowest BCUT2D eigenvalue weighted by Crippen LogP contribution is -2.47. The molecule has 0 saturated carbocycles. The molecule has 1 amide bonds. The molecule has 9 heteroatoms. The number of benzene rings is 1. The molecule has 0 spiro atoms. The number of piperidine rings is 2. The SMILES string of the molecule is COC(=O)c1cnn(-c2ccc(C(=O)NCCCN3CCC(N4CCCCC4)CC3)cc2)c1N. The highest BCUT2D eigenvalue weighted by Gasteiger charge is 2.25. The maximum atomic E-state index is 12.5. The Hall–Kier alpha value is -2.91. The van der Waals surface area contributed by atoms with Crippen LogP contribution in [-0.2, 0) is 4.74 Å². The van der Waals surface area contributed by atoms with Crippen LogP contribution in [0.4, 0.5) is 5.82 Å². The Morgan fingerprint density at radius 3 is 2.47 bits per heavy atom. The Kier molecular flexibility index (Phi) is 8.18. The van der Waals surface area contributed by atoms with Crippen molar-refractivity contribution in [2.45, 2.75) is 44.6 Å². The fourth-order valence-electron chi connectivity index (χ4n) is 4.98. The number of methoxy groups -OCH3 is 1. The number of esters is 1. The quantitative estimate of drug-likeness (QED) is 0.452. The molecule has 1 aromatic carbocycles. The van der Waals surface area contributed by atoms with Crippen LogP contribution in [0.1, 0.15) is 59.2 Å². The minimum atomic E-state index is -0.536. The summed E-state index contributed by atoms with van der Waals surface area (Å²) < 4.78 is 6.15. The molecule has 3 N–H and O–H groups in total. The Bertz CT molecular complexity index is 960. The molecule has 2 aliphatic rings. The van der Waals surface area contributed by atoms with Gasteiger partial charge in [0.05, 0.1) is 19.0 Å². The lowest BCUT2D eigenvalue weighted by atomic mass is 10.00. The molecule has 3 heterocycles. The number of nitrogens with zero attached hydrogens (tertiary/aromatic N) is 4. The second-order valence-corrected chi connectivity index (χ2v) is 9.17. The van der Waals surface area contributed by atoms with Crippen LogP contribution in [0, 0.1) is 0 Å². The van der Waals surface area contributed by atoms with Gasteiger partial charge in [0.25, 0.3) is 5.91 Å². The smallest absolute Gasteiger partial charge is 0.343 e. The summed E-state index contributed by atoms with van der Waals surface area (Å²) in [6, 6.07) is 7.74. The van der Waals surface area contributed by atoms with Gasteiger partial charge in [-0.25, -0.2) is 9.48 Å². The average molecular weight is 469 g/mol. The largest absolute Gasteiger partial charge is 0.465 e. The van der Waals surface area contributed by atoms with Gasteiger partial charge in [-0.05, 0) is 89.1 Å². The van der Waals surface area contributed by atoms with Crippen molar-refractivity contribution in [3.05, 3.63) is 41.6 Å². The zero-order valence-electron chi connectivity index (χ0n) is 20.0. The van der Waals surface area contributed by atoms with E-state index in [9.17, 15) is 9.59 Å². The van der Waals surface area contributed by atoms with Crippen molar-refractivity contribution >= 4 is 17.7 Å². The third-order valence-electron chi connectivity index (χ3n) is 6.99. The monoisotopic (exact) mass is 468 g/mol. The van der Waals surface area contributed by atoms with E-state index in [1.165, 1.54) is 63.2 Å². The molecule has 184 valence electrons. The molecule has 0 unspecified atom stereocenters. The van der Waals surface area contributed by atoms with Crippen LogP contribution in [0.25, 0.3) is 5.69 Å². The maximum absolute atomic E-state index is 12.5. The summed E-state index contributed by atoms with van der Waals surface area (Å²) in [7, 11) is 1.30. The molecule has 34 heavy (non-hydrogen) atoms. The third-order valence-corrected chi connectivity index (χ3v) is 6.99. The molecule has 1 aromatic heterocycles. The van der Waals surface area contributed by atoms with Crippen molar-refractivity contribution in [3.63, 3.8) is 0 Å². The molecule has 0 bridgehead atoms. The molecule has 4 rings (SSSR count). The van der Waals surface area contributed by atoms with Gasteiger partial charge < -0.3 is 25.6 Å². The normalized spacial score (nSPS) is 18.0. The number of amides is 1. The highest BCUT2D eigenvalue weighted by Crippen LogP contribution is 2.21. The number of carbonyl (C=O) groups excluding carboxylic acids is 2. The number of nitrogens with two attached hydrogens (primary N) is 1. The van der Waals surface area contributed by atoms with Gasteiger partial charge >= 0.3 is 5.97 Å². The minimum Gasteiger partial charge on any atom is -0.465 e. The number of nitrogen functional groups attached to an aromatic ring is 1. The molecule has 0 aliphatic carbocycles. The highest BCUT2D eigenvalue weighted by molar-refractivity contribution is 5.95. The van der Waals surface area contributed by atoms with Crippen LogP contribution in [-0.4, -0.2) is 83.9 Å². The first-order valence-corrected chi connectivity index (χ1v) is 12.3. The molecule has 2 aromatic rings. The number of hydrogen-bond acceptors (Lipinski definition) is 7. The van der Waals surface area contributed by atoms with Crippen LogP contribution < -0.4 is 11.1 Å². The minimum absolute atomic E-state index is 0.0981. The summed E-state index contributed by atoms with van der Waals surface area (Å²) in [4.78, 5) is 29.5. The summed E-state index contributed by atoms with van der Waals surface area (Å²) in [5.41, 5.74) is 7.46. The number of likely N-dealkylation sites (tertiary alicyclic amines) is 2. The van der Waals surface area contributed by atoms with E-state index in [0.29, 0.717) is 17.8 Å². The van der Waals surface area contributed by atoms with Crippen molar-refractivity contribution < 1.29 is 14.3 Å². The zero-order valence-corrected chi connectivity index (χ0v) is 20.0. The summed E-state index contributed by atoms with van der Waals surface area (Å²) in [5, 5.41) is 7.16. The number of hydrogen-bond donors (Lipinski definition) is 2. The van der Waals surface area contributed by atoms with Crippen molar-refractivity contribution in [3.8, 4) is 5.69 Å². The second-order valence-electron chi connectivity index (χ2n) is 9.17. The number of anilines is 1. The zero-order chi connectivity index (χ0) is 23.9. The van der Waals surface area contributed by atoms with Gasteiger partial charge in [-0.3, -0.25) is 4.79 Å². The van der Waals surface area contributed by atoms with Crippen LogP contribution in [0.5, 0.6) is 0 Å². The number of ether oxygens (including phenoxy) is 1. The van der Waals surface area contributed by atoms with Gasteiger partial charge in [0.15, 0.2) is 0 Å². The first-order valence-electron chi connectivity index (χ1n) is 12.3. The van der Waals surface area contributed by atoms with E-state index in [-0.39, 0.29) is 17.3 Å². The van der Waals surface area contributed by atoms with Gasteiger partial charge in [0.2, 0.25) is 0 Å². The second kappa shape index (κ2) is 11.5. The molecule has 9 nitrogen and oxygen atoms in total. The third kappa shape index (κ3) is 5.77. The number of nitrogens with one attached hydrogen (secondary N) is 1. The lowest BCUT2D eigenvalue weighted by Gasteiger charge is -2.40. The first-order chi connectivity index (χ1) is 16.6. The Labute approximate surface area is 201 Å². The van der Waals surface area contributed by atoms with Crippen molar-refractivity contribution in [2.24, 2.45) is 0 Å². The Morgan fingerprint density at radius 2 is 1.79 bits per heavy atom. The van der Waals surface area contributed by atoms with E-state index in [4.69, 9.17) is 10.5 Å². The fourth-order valence-corrected chi connectivity index (χ4v) is 4.98. The summed E-state index contributed by atoms with van der Waals surface area (Å²) in [6.45, 7) is 6.55. The molecule has 0 atom stereocenters. The van der Waals surface area contributed by atoms with Crippen LogP contribution in [0.15, 0.2) is 30.5 Å². The number of rotatable bonds is 8. The van der Waals surface area contributed by atoms with E-state index in [1.807, 2.05) is 0 Å². The summed E-state index contributed by atoms with van der Waals surface area (Å²) in [5.74, 6) is -0.436. The first kappa shape index (κ1) is 24.2. The van der Waals surface area contributed by atoms with E-state index in [1.54, 1.807) is 24.3 Å². The standard InChI is InChI=1S/C25H36N6O3/c1-34-25(33)22-18-28-31(23(22)26)21-8-6-19(7-9-21)24(32)27-12-5-13-29-16-10-20(11-17-29)30-14-3-2-4-15-30/h6-9,18,20H,2-5,10-17,26H2,1H3,(H,27,32). The summed E-state index contributed by atoms with van der Waals surface area (Å²) >= 11 is 0. The van der Waals surface area contributed by atoms with Crippen LogP contribution in [0.3, 0.4) is 0 Å². The summed E-state index contributed by atoms with van der Waals surface area (Å²) in [6.07, 6.45) is 8.95. The Balaban J connectivity index is 1.18. The van der Waals surface area contributed by atoms with E-state index in [0.717, 1.165) is 32.1 Å². The van der Waals surface area contributed by atoms with Crippen molar-refractivity contribution in [2.75, 3.05) is 52.1 Å². The molecule has 2 saturated heterocycles. The highest BCUT2D eigenvalue weighted by atomic mass is 16.5. The molecular formula is C25H36N6O3. The van der Waals surface area contributed by atoms with Gasteiger partial charge in [0.1, 0.15) is 11.4 Å². The number of carbonyl (C=O) groups is 2. The van der Waals surface area contributed by atoms with Crippen molar-refractivity contribution in [1.82, 2.24) is 24.9 Å². The molecular weight excluding hydrogens is 432 g/mol. The van der Waals surface area contributed by atoms with Crippen LogP contribution >= 0.6 is 0 Å². The Morgan fingerprint density at radius 1 is 1.09 bits per heavy atom. The molecule has 2 fully saturated rings.